The van der Waals surface area contributed by atoms with Crippen LogP contribution in [0.2, 0.25) is 0 Å². The van der Waals surface area contributed by atoms with Crippen molar-refractivity contribution in [3.8, 4) is 0 Å². The number of aliphatic hydroxyl groups excluding tert-OH is 1. The van der Waals surface area contributed by atoms with Crippen LogP contribution in [0, 0.1) is 40.4 Å². The van der Waals surface area contributed by atoms with Gasteiger partial charge in [-0.05, 0) is 50.5 Å². The second kappa shape index (κ2) is 7.22. The van der Waals surface area contributed by atoms with Gasteiger partial charge < -0.3 is 10.0 Å². The number of fused-ring (bicyclic) bond motifs is 3. The molecule has 168 valence electrons. The molecule has 3 aliphatic carbocycles. The summed E-state index contributed by atoms with van der Waals surface area (Å²) in [5, 5.41) is 9.84. The highest BCUT2D eigenvalue weighted by atomic mass is 16.3. The van der Waals surface area contributed by atoms with Crippen molar-refractivity contribution in [3.63, 3.8) is 0 Å². The highest BCUT2D eigenvalue weighted by Crippen LogP contribution is 2.67. The molecule has 3 fully saturated rings. The van der Waals surface area contributed by atoms with Gasteiger partial charge in [-0.15, -0.1) is 0 Å². The Bertz CT molecular complexity index is 919. The minimum absolute atomic E-state index is 0.0663. The van der Waals surface area contributed by atoms with Crippen molar-refractivity contribution in [2.24, 2.45) is 40.4 Å². The first-order chi connectivity index (χ1) is 14.5. The Labute approximate surface area is 183 Å². The lowest BCUT2D eigenvalue weighted by Crippen LogP contribution is -2.50. The van der Waals surface area contributed by atoms with Crippen LogP contribution in [-0.4, -0.2) is 53.0 Å². The number of Topliss-reactive ketones (excluding diaryl/α,β-unsaturated/α-hetero) is 2. The Balaban J connectivity index is 1.96. The van der Waals surface area contributed by atoms with Crippen LogP contribution >= 0.6 is 0 Å². The van der Waals surface area contributed by atoms with Gasteiger partial charge in [0.25, 0.3) is 0 Å². The quantitative estimate of drug-likeness (QED) is 0.424. The maximum absolute atomic E-state index is 14.4. The van der Waals surface area contributed by atoms with Gasteiger partial charge in [0.05, 0.1) is 6.61 Å². The van der Waals surface area contributed by atoms with Gasteiger partial charge in [-0.2, -0.15) is 0 Å². The van der Waals surface area contributed by atoms with E-state index in [1.54, 1.807) is 6.08 Å². The van der Waals surface area contributed by atoms with E-state index in [1.165, 1.54) is 24.9 Å². The lowest BCUT2D eigenvalue weighted by Gasteiger charge is -2.49. The predicted octanol–water partition coefficient (Wildman–Crippen LogP) is 2.35. The Kier molecular flexibility index (Phi) is 5.16. The van der Waals surface area contributed by atoms with Crippen molar-refractivity contribution in [1.82, 2.24) is 4.90 Å². The molecular formula is C25H33NO5. The molecule has 0 aromatic heterocycles. The van der Waals surface area contributed by atoms with Crippen molar-refractivity contribution in [2.45, 2.75) is 53.0 Å². The van der Waals surface area contributed by atoms with Crippen molar-refractivity contribution in [3.05, 3.63) is 23.8 Å². The third-order valence-corrected chi connectivity index (χ3v) is 8.78. The summed E-state index contributed by atoms with van der Waals surface area (Å²) in [4.78, 5) is 54.7. The van der Waals surface area contributed by atoms with E-state index in [2.05, 4.69) is 13.0 Å². The van der Waals surface area contributed by atoms with E-state index >= 15 is 0 Å². The van der Waals surface area contributed by atoms with Crippen molar-refractivity contribution in [2.75, 3.05) is 13.7 Å². The second-order valence-electron chi connectivity index (χ2n) is 10.5. The number of carbonyl (C=O) groups excluding carboxylic acids is 4. The van der Waals surface area contributed by atoms with Crippen LogP contribution in [0.25, 0.3) is 0 Å². The average molecular weight is 428 g/mol. The zero-order valence-corrected chi connectivity index (χ0v) is 19.1. The zero-order chi connectivity index (χ0) is 22.9. The Morgan fingerprint density at radius 1 is 1.29 bits per heavy atom. The minimum Gasteiger partial charge on any atom is -0.394 e. The van der Waals surface area contributed by atoms with E-state index in [0.717, 1.165) is 24.8 Å². The Hall–Kier alpha value is -2.08. The molecule has 6 nitrogen and oxygen atoms in total. The molecule has 0 aromatic rings. The summed E-state index contributed by atoms with van der Waals surface area (Å²) in [5.41, 5.74) is -1.69. The Morgan fingerprint density at radius 2 is 1.97 bits per heavy atom. The summed E-state index contributed by atoms with van der Waals surface area (Å²) >= 11 is 0. The number of amides is 1. The molecular weight excluding hydrogens is 394 g/mol. The van der Waals surface area contributed by atoms with Crippen LogP contribution in [-0.2, 0) is 19.2 Å². The maximum Gasteiger partial charge on any atom is 0.245 e. The number of allylic oxidation sites excluding steroid dienone is 4. The highest BCUT2D eigenvalue weighted by Gasteiger charge is 2.78. The van der Waals surface area contributed by atoms with Crippen molar-refractivity contribution in [1.29, 1.82) is 0 Å². The topological polar surface area (TPSA) is 91.8 Å². The van der Waals surface area contributed by atoms with Gasteiger partial charge in [-0.3, -0.25) is 19.2 Å². The Morgan fingerprint density at radius 3 is 2.55 bits per heavy atom. The fraction of sp³-hybridized carbons (Fsp3) is 0.680. The standard InChI is InChI=1S/C25H33NO5/c1-13-6-8-17-16(10-13)11-14(2)20-18(9-7-15(3)28)25(22(30)24(17,20)4)21(29)19(12-27)26(5)23(25)31/h7,9,11,13,16-20,27H,6,8,10,12H2,1-5H3/t13-,16+,17-,18+,19+,20+,24+,25-/m0/s1. The molecule has 4 aliphatic rings. The lowest BCUT2D eigenvalue weighted by molar-refractivity contribution is -0.151. The molecule has 1 N–H and O–H groups in total. The number of carbonyl (C=O) groups is 4. The molecule has 0 unspecified atom stereocenters. The molecule has 2 saturated carbocycles. The summed E-state index contributed by atoms with van der Waals surface area (Å²) in [7, 11) is 1.48. The van der Waals surface area contributed by atoms with Gasteiger partial charge in [-0.25, -0.2) is 0 Å². The van der Waals surface area contributed by atoms with Crippen LogP contribution in [0.4, 0.5) is 0 Å². The number of ketones is 3. The summed E-state index contributed by atoms with van der Waals surface area (Å²) in [6.07, 6.45) is 8.18. The van der Waals surface area contributed by atoms with Gasteiger partial charge in [0.1, 0.15) is 6.04 Å². The molecule has 1 aliphatic heterocycles. The smallest absolute Gasteiger partial charge is 0.245 e. The summed E-state index contributed by atoms with van der Waals surface area (Å²) < 4.78 is 0. The van der Waals surface area contributed by atoms with Crippen molar-refractivity contribution < 1.29 is 24.3 Å². The zero-order valence-electron chi connectivity index (χ0n) is 19.1. The highest BCUT2D eigenvalue weighted by molar-refractivity contribution is 6.31. The molecule has 8 atom stereocenters. The van der Waals surface area contributed by atoms with E-state index in [1.807, 2.05) is 13.8 Å². The third-order valence-electron chi connectivity index (χ3n) is 8.78. The lowest BCUT2D eigenvalue weighted by atomic mass is 9.53. The van der Waals surface area contributed by atoms with E-state index in [9.17, 15) is 24.3 Å². The number of likely N-dealkylation sites (tertiary alicyclic amines) is 1. The first kappa shape index (κ1) is 22.1. The van der Waals surface area contributed by atoms with Gasteiger partial charge in [0.2, 0.25) is 5.91 Å². The maximum atomic E-state index is 14.4. The third kappa shape index (κ3) is 2.66. The number of hydrogen-bond acceptors (Lipinski definition) is 5. The fourth-order valence-electron chi connectivity index (χ4n) is 7.47. The molecule has 0 radical (unpaired) electrons. The molecule has 0 bridgehead atoms. The van der Waals surface area contributed by atoms with E-state index in [4.69, 9.17) is 0 Å². The van der Waals surface area contributed by atoms with Crippen LogP contribution in [0.5, 0.6) is 0 Å². The minimum atomic E-state index is -1.86. The summed E-state index contributed by atoms with van der Waals surface area (Å²) in [5.74, 6) is -1.70. The summed E-state index contributed by atoms with van der Waals surface area (Å²) in [6.45, 7) is 7.08. The van der Waals surface area contributed by atoms with E-state index in [0.29, 0.717) is 5.92 Å². The van der Waals surface area contributed by atoms with Crippen LogP contribution in [0.3, 0.4) is 0 Å². The second-order valence-corrected chi connectivity index (χ2v) is 10.5. The predicted molar refractivity (Wildman–Crippen MR) is 115 cm³/mol. The van der Waals surface area contributed by atoms with Gasteiger partial charge in [0.15, 0.2) is 22.8 Å². The van der Waals surface area contributed by atoms with Crippen molar-refractivity contribution >= 4 is 23.3 Å². The fourth-order valence-corrected chi connectivity index (χ4v) is 7.47. The van der Waals surface area contributed by atoms with Crippen LogP contribution < -0.4 is 0 Å². The van der Waals surface area contributed by atoms with Gasteiger partial charge >= 0.3 is 0 Å². The van der Waals surface area contributed by atoms with E-state index < -0.39 is 41.1 Å². The van der Waals surface area contributed by atoms with Crippen LogP contribution in [0.1, 0.15) is 47.0 Å². The van der Waals surface area contributed by atoms with Gasteiger partial charge in [0, 0.05) is 24.3 Å². The largest absolute Gasteiger partial charge is 0.394 e. The molecule has 1 amide bonds. The first-order valence-electron chi connectivity index (χ1n) is 11.4. The number of likely N-dealkylation sites (N-methyl/N-ethyl adjacent to an activating group) is 1. The molecule has 6 heteroatoms. The first-order valence-corrected chi connectivity index (χ1v) is 11.4. The molecule has 1 heterocycles. The molecule has 0 aromatic carbocycles. The number of hydrogen-bond donors (Lipinski definition) is 1. The molecule has 31 heavy (non-hydrogen) atoms. The average Bonchev–Trinajstić information content (AvgIpc) is 3.02. The monoisotopic (exact) mass is 427 g/mol. The molecule has 4 rings (SSSR count). The van der Waals surface area contributed by atoms with E-state index in [-0.39, 0.29) is 29.3 Å². The number of rotatable bonds is 3. The summed E-state index contributed by atoms with van der Waals surface area (Å²) in [6, 6.07) is -1.03. The normalized spacial score (nSPS) is 44.8. The molecule has 1 spiro atoms. The van der Waals surface area contributed by atoms with Gasteiger partial charge in [-0.1, -0.05) is 38.0 Å². The number of aliphatic hydroxyl groups is 1. The number of nitrogens with zero attached hydrogens (tertiary/aromatic N) is 1. The molecule has 1 saturated heterocycles. The SMILES string of the molecule is CC(=O)C=C[C@@H]1[C@H]2C(C)=C[C@H]3C[C@@H](C)CC[C@@H]3[C@@]2(C)C(=O)[C@@]12C(=O)[C@@H](CO)N(C)C2=O. The van der Waals surface area contributed by atoms with Crippen LogP contribution in [0.15, 0.2) is 23.8 Å².